The third-order valence-electron chi connectivity index (χ3n) is 10.3. The lowest BCUT2D eigenvalue weighted by atomic mass is 9.80. The maximum absolute atomic E-state index is 13.0. The van der Waals surface area contributed by atoms with Crippen molar-refractivity contribution in [3.8, 4) is 28.4 Å². The molecule has 2 aliphatic rings. The molecule has 1 atom stereocenters. The molecule has 0 fully saturated rings. The van der Waals surface area contributed by atoms with Crippen molar-refractivity contribution in [2.24, 2.45) is 0 Å². The minimum atomic E-state index is -1.20. The Bertz CT molecular complexity index is 2360. The summed E-state index contributed by atoms with van der Waals surface area (Å²) in [5.74, 6) is 0.273. The van der Waals surface area contributed by atoms with Crippen molar-refractivity contribution in [2.45, 2.75) is 18.1 Å². The van der Waals surface area contributed by atoms with Gasteiger partial charge in [-0.1, -0.05) is 91.0 Å². The number of hydrogen-bond donors (Lipinski definition) is 1. The number of carboxylic acid groups (broad SMARTS) is 1. The van der Waals surface area contributed by atoms with Gasteiger partial charge in [0.25, 0.3) is 0 Å². The van der Waals surface area contributed by atoms with Crippen LogP contribution in [0.5, 0.6) is 17.2 Å². The van der Waals surface area contributed by atoms with Crippen molar-refractivity contribution < 1.29 is 38.4 Å². The second-order valence-corrected chi connectivity index (χ2v) is 13.1. The van der Waals surface area contributed by atoms with Crippen LogP contribution in [0.2, 0.25) is 0 Å². The number of esters is 1. The number of benzene rings is 6. The molecule has 1 aliphatic heterocycles. The van der Waals surface area contributed by atoms with Gasteiger partial charge in [-0.3, -0.25) is 0 Å². The van der Waals surface area contributed by atoms with Crippen LogP contribution < -0.4 is 14.2 Å². The first-order valence-corrected chi connectivity index (χ1v) is 17.3. The van der Waals surface area contributed by atoms with E-state index in [1.807, 2.05) is 79.7 Å². The monoisotopic (exact) mass is 704 g/mol. The van der Waals surface area contributed by atoms with Crippen LogP contribution in [0.15, 0.2) is 127 Å². The van der Waals surface area contributed by atoms with Crippen LogP contribution >= 0.6 is 0 Å². The molecule has 0 saturated heterocycles. The van der Waals surface area contributed by atoms with E-state index in [2.05, 4.69) is 36.4 Å². The lowest BCUT2D eigenvalue weighted by Gasteiger charge is -2.39. The molecular formula is C45H36O8. The first-order chi connectivity index (χ1) is 25.8. The Balaban J connectivity index is 1.23. The Morgan fingerprint density at radius 3 is 1.92 bits per heavy atom. The number of hydrogen-bond acceptors (Lipinski definition) is 7. The molecule has 1 aliphatic carbocycles. The smallest absolute Gasteiger partial charge is 0.339 e. The fourth-order valence-electron chi connectivity index (χ4n) is 7.73. The first-order valence-electron chi connectivity index (χ1n) is 17.3. The molecule has 1 unspecified atom stereocenters. The van der Waals surface area contributed by atoms with Gasteiger partial charge >= 0.3 is 11.9 Å². The summed E-state index contributed by atoms with van der Waals surface area (Å²) in [6.45, 7) is 2.01. The highest BCUT2D eigenvalue weighted by Gasteiger charge is 2.47. The second kappa shape index (κ2) is 13.3. The molecule has 0 saturated carbocycles. The number of carbonyl (C=O) groups is 2. The van der Waals surface area contributed by atoms with Crippen molar-refractivity contribution in [3.05, 3.63) is 166 Å². The fourth-order valence-corrected chi connectivity index (χ4v) is 7.73. The minimum absolute atomic E-state index is 0.0113. The molecule has 8 nitrogen and oxygen atoms in total. The van der Waals surface area contributed by atoms with E-state index in [-0.39, 0.29) is 24.3 Å². The van der Waals surface area contributed by atoms with Crippen molar-refractivity contribution in [1.29, 1.82) is 0 Å². The van der Waals surface area contributed by atoms with Gasteiger partial charge in [0.1, 0.15) is 29.5 Å². The van der Waals surface area contributed by atoms with Crippen LogP contribution in [0.4, 0.5) is 0 Å². The van der Waals surface area contributed by atoms with Crippen LogP contribution in [0, 0.1) is 0 Å². The molecule has 6 aromatic carbocycles. The Kier molecular flexibility index (Phi) is 8.47. The summed E-state index contributed by atoms with van der Waals surface area (Å²) in [5.41, 5.74) is 4.68. The highest BCUT2D eigenvalue weighted by Crippen LogP contribution is 2.58. The van der Waals surface area contributed by atoms with Gasteiger partial charge in [-0.25, -0.2) is 9.59 Å². The molecule has 8 heteroatoms. The fraction of sp³-hybridized carbons (Fsp3) is 0.156. The van der Waals surface area contributed by atoms with Crippen molar-refractivity contribution >= 4 is 28.8 Å². The zero-order valence-electron chi connectivity index (χ0n) is 29.4. The van der Waals surface area contributed by atoms with Crippen LogP contribution in [-0.4, -0.2) is 44.5 Å². The maximum atomic E-state index is 13.0. The van der Waals surface area contributed by atoms with Gasteiger partial charge in [0.2, 0.25) is 0 Å². The van der Waals surface area contributed by atoms with E-state index in [1.165, 1.54) is 12.1 Å². The van der Waals surface area contributed by atoms with E-state index in [1.54, 1.807) is 26.4 Å². The molecule has 0 bridgehead atoms. The Labute approximate surface area is 306 Å². The van der Waals surface area contributed by atoms with Gasteiger partial charge in [-0.05, 0) is 71.5 Å². The number of methoxy groups -OCH3 is 2. The third kappa shape index (κ3) is 5.50. The van der Waals surface area contributed by atoms with Gasteiger partial charge < -0.3 is 28.8 Å². The number of ether oxygens (including phenoxy) is 5. The molecule has 0 spiro atoms. The van der Waals surface area contributed by atoms with E-state index in [9.17, 15) is 14.7 Å². The number of carboxylic acids is 1. The summed E-state index contributed by atoms with van der Waals surface area (Å²) in [5, 5.41) is 11.5. The Morgan fingerprint density at radius 1 is 0.698 bits per heavy atom. The normalized spacial score (nSPS) is 16.2. The standard InChI is InChI=1S/C45H36O8/c1-44(52-27-26-51-43(48)35-13-7-6-12-34(35)42(46)47)38-15-9-8-14-36(38)39-32-10-4-5-11-33(32)41-37(40(39)44)24-25-45(53-41,28-16-20-30(49-2)21-17-28)29-18-22-31(50-3)23-19-29/h4-25H,26-27H2,1-3H3,(H,46,47). The summed E-state index contributed by atoms with van der Waals surface area (Å²) in [6.07, 6.45) is 4.23. The Morgan fingerprint density at radius 2 is 1.28 bits per heavy atom. The predicted molar refractivity (Wildman–Crippen MR) is 202 cm³/mol. The zero-order valence-corrected chi connectivity index (χ0v) is 29.4. The summed E-state index contributed by atoms with van der Waals surface area (Å²) in [6, 6.07) is 38.3. The number of fused-ring (bicyclic) bond motifs is 8. The number of rotatable bonds is 10. The Hall–Kier alpha value is -6.38. The molecule has 8 rings (SSSR count). The lowest BCUT2D eigenvalue weighted by Crippen LogP contribution is -2.35. The van der Waals surface area contributed by atoms with E-state index in [4.69, 9.17) is 23.7 Å². The topological polar surface area (TPSA) is 101 Å². The van der Waals surface area contributed by atoms with Crippen molar-refractivity contribution in [2.75, 3.05) is 27.4 Å². The molecule has 0 aromatic heterocycles. The molecule has 53 heavy (non-hydrogen) atoms. The summed E-state index contributed by atoms with van der Waals surface area (Å²) >= 11 is 0. The highest BCUT2D eigenvalue weighted by atomic mass is 16.6. The number of aromatic carboxylic acids is 1. The first kappa shape index (κ1) is 33.7. The van der Waals surface area contributed by atoms with Gasteiger partial charge in [-0.15, -0.1) is 0 Å². The average molecular weight is 705 g/mol. The molecule has 0 radical (unpaired) electrons. The molecule has 6 aromatic rings. The van der Waals surface area contributed by atoms with Crippen LogP contribution in [0.1, 0.15) is 55.5 Å². The third-order valence-corrected chi connectivity index (χ3v) is 10.3. The predicted octanol–water partition coefficient (Wildman–Crippen LogP) is 9.02. The van der Waals surface area contributed by atoms with Crippen LogP contribution in [0.25, 0.3) is 28.0 Å². The highest BCUT2D eigenvalue weighted by molar-refractivity contribution is 6.08. The molecule has 1 N–H and O–H groups in total. The summed E-state index contributed by atoms with van der Waals surface area (Å²) in [7, 11) is 3.29. The quantitative estimate of drug-likeness (QED) is 0.111. The lowest BCUT2D eigenvalue weighted by molar-refractivity contribution is -0.0272. The van der Waals surface area contributed by atoms with Crippen LogP contribution in [-0.2, 0) is 20.7 Å². The molecule has 1 heterocycles. The van der Waals surface area contributed by atoms with E-state index >= 15 is 0 Å². The van der Waals surface area contributed by atoms with Gasteiger partial charge in [0, 0.05) is 27.6 Å². The van der Waals surface area contributed by atoms with E-state index < -0.39 is 23.1 Å². The second-order valence-electron chi connectivity index (χ2n) is 13.1. The van der Waals surface area contributed by atoms with Gasteiger partial charge in [0.15, 0.2) is 5.60 Å². The number of carbonyl (C=O) groups excluding carboxylic acids is 1. The molecule has 0 amide bonds. The molecule has 264 valence electrons. The zero-order chi connectivity index (χ0) is 36.7. The van der Waals surface area contributed by atoms with Crippen molar-refractivity contribution in [1.82, 2.24) is 0 Å². The largest absolute Gasteiger partial charge is 0.497 e. The van der Waals surface area contributed by atoms with E-state index in [0.717, 1.165) is 61.2 Å². The summed E-state index contributed by atoms with van der Waals surface area (Å²) < 4.78 is 30.7. The average Bonchev–Trinajstić information content (AvgIpc) is 3.47. The molecular weight excluding hydrogens is 668 g/mol. The minimum Gasteiger partial charge on any atom is -0.497 e. The summed E-state index contributed by atoms with van der Waals surface area (Å²) in [4.78, 5) is 24.7. The maximum Gasteiger partial charge on any atom is 0.339 e. The van der Waals surface area contributed by atoms with Crippen LogP contribution in [0.3, 0.4) is 0 Å². The van der Waals surface area contributed by atoms with Crippen molar-refractivity contribution in [3.63, 3.8) is 0 Å². The van der Waals surface area contributed by atoms with Gasteiger partial charge in [0.05, 0.1) is 32.0 Å². The van der Waals surface area contributed by atoms with E-state index in [0.29, 0.717) is 5.75 Å². The van der Waals surface area contributed by atoms with Gasteiger partial charge in [-0.2, -0.15) is 0 Å². The SMILES string of the molecule is COc1ccc(C2(c3ccc(OC)cc3)C=Cc3c4c(c5ccccc5c3O2)-c2ccccc2C4(C)OCCOC(=O)c2ccccc2C(=O)O)cc1.